The first-order valence-electron chi connectivity index (χ1n) is 4.43. The number of carboxylic acids is 1. The molecule has 0 aliphatic rings. The van der Waals surface area contributed by atoms with Crippen LogP contribution in [-0.4, -0.2) is 11.1 Å². The predicted octanol–water partition coefficient (Wildman–Crippen LogP) is 3.30. The lowest BCUT2D eigenvalue weighted by molar-refractivity contribution is -0.131. The lowest BCUT2D eigenvalue weighted by Crippen LogP contribution is -1.84. The van der Waals surface area contributed by atoms with Gasteiger partial charge in [0.2, 0.25) is 0 Å². The van der Waals surface area contributed by atoms with Crippen LogP contribution < -0.4 is 0 Å². The van der Waals surface area contributed by atoms with Gasteiger partial charge >= 0.3 is 5.97 Å². The molecule has 2 nitrogen and oxygen atoms in total. The SMILES string of the molecule is Cc1ccc(/C=C/C=C/C(=O)O)cc1Cl. The molecule has 0 aromatic heterocycles. The molecule has 78 valence electrons. The second-order valence-electron chi connectivity index (χ2n) is 3.07. The molecule has 1 N–H and O–H groups in total. The number of aryl methyl sites for hydroxylation is 1. The minimum absolute atomic E-state index is 0.708. The van der Waals surface area contributed by atoms with E-state index in [2.05, 4.69) is 0 Å². The van der Waals surface area contributed by atoms with E-state index in [1.807, 2.05) is 25.1 Å². The van der Waals surface area contributed by atoms with Gasteiger partial charge in [-0.25, -0.2) is 4.79 Å². The molecule has 0 radical (unpaired) electrons. The fourth-order valence-electron chi connectivity index (χ4n) is 1.02. The van der Waals surface area contributed by atoms with Gasteiger partial charge in [-0.2, -0.15) is 0 Å². The molecular weight excluding hydrogens is 212 g/mol. The lowest BCUT2D eigenvalue weighted by Gasteiger charge is -1.97. The van der Waals surface area contributed by atoms with Crippen molar-refractivity contribution in [1.82, 2.24) is 0 Å². The van der Waals surface area contributed by atoms with Crippen molar-refractivity contribution in [3.8, 4) is 0 Å². The van der Waals surface area contributed by atoms with E-state index in [1.165, 1.54) is 6.08 Å². The van der Waals surface area contributed by atoms with Crippen LogP contribution >= 0.6 is 11.6 Å². The zero-order valence-electron chi connectivity index (χ0n) is 8.27. The number of carboxylic acid groups (broad SMARTS) is 1. The van der Waals surface area contributed by atoms with Gasteiger partial charge in [0.1, 0.15) is 0 Å². The highest BCUT2D eigenvalue weighted by Gasteiger charge is 1.93. The molecule has 1 aromatic carbocycles. The number of carbonyl (C=O) groups is 1. The summed E-state index contributed by atoms with van der Waals surface area (Å²) in [6.45, 7) is 1.93. The van der Waals surface area contributed by atoms with Gasteiger partial charge < -0.3 is 5.11 Å². The summed E-state index contributed by atoms with van der Waals surface area (Å²) >= 11 is 5.93. The quantitative estimate of drug-likeness (QED) is 0.629. The Hall–Kier alpha value is -1.54. The molecule has 0 saturated heterocycles. The first-order chi connectivity index (χ1) is 7.09. The summed E-state index contributed by atoms with van der Waals surface area (Å²) in [4.78, 5) is 10.2. The van der Waals surface area contributed by atoms with Crippen LogP contribution in [0.2, 0.25) is 5.02 Å². The standard InChI is InChI=1S/C12H11ClO2/c1-9-6-7-10(8-11(9)13)4-2-3-5-12(14)15/h2-8H,1H3,(H,14,15)/b4-2+,5-3+. The first-order valence-corrected chi connectivity index (χ1v) is 4.81. The van der Waals surface area contributed by atoms with Crippen LogP contribution in [0.25, 0.3) is 6.08 Å². The summed E-state index contributed by atoms with van der Waals surface area (Å²) in [6, 6.07) is 5.68. The Morgan fingerprint density at radius 2 is 2.13 bits per heavy atom. The minimum atomic E-state index is -0.957. The molecule has 0 heterocycles. The number of benzene rings is 1. The van der Waals surface area contributed by atoms with Crippen molar-refractivity contribution in [1.29, 1.82) is 0 Å². The van der Waals surface area contributed by atoms with Gasteiger partial charge in [0.15, 0.2) is 0 Å². The predicted molar refractivity (Wildman–Crippen MR) is 62.0 cm³/mol. The summed E-state index contributed by atoms with van der Waals surface area (Å²) in [5, 5.41) is 9.06. The molecule has 0 unspecified atom stereocenters. The molecule has 3 heteroatoms. The van der Waals surface area contributed by atoms with Crippen LogP contribution in [0.3, 0.4) is 0 Å². The molecule has 0 bridgehead atoms. The molecule has 1 rings (SSSR count). The second kappa shape index (κ2) is 5.37. The van der Waals surface area contributed by atoms with Crippen molar-refractivity contribution in [2.75, 3.05) is 0 Å². The smallest absolute Gasteiger partial charge is 0.328 e. The van der Waals surface area contributed by atoms with E-state index in [0.717, 1.165) is 17.2 Å². The van der Waals surface area contributed by atoms with E-state index < -0.39 is 5.97 Å². The van der Waals surface area contributed by atoms with Crippen LogP contribution in [0.1, 0.15) is 11.1 Å². The summed E-state index contributed by atoms with van der Waals surface area (Å²) in [5.41, 5.74) is 1.97. The Labute approximate surface area is 93.5 Å². The molecule has 0 aliphatic heterocycles. The topological polar surface area (TPSA) is 37.3 Å². The van der Waals surface area contributed by atoms with Crippen LogP contribution in [0, 0.1) is 6.92 Å². The van der Waals surface area contributed by atoms with E-state index in [9.17, 15) is 4.79 Å². The Bertz CT molecular complexity index is 420. The Balaban J connectivity index is 2.73. The van der Waals surface area contributed by atoms with E-state index >= 15 is 0 Å². The van der Waals surface area contributed by atoms with Gasteiger partial charge in [-0.3, -0.25) is 0 Å². The maximum atomic E-state index is 10.2. The van der Waals surface area contributed by atoms with Gasteiger partial charge in [-0.1, -0.05) is 42.0 Å². The van der Waals surface area contributed by atoms with E-state index in [4.69, 9.17) is 16.7 Å². The van der Waals surface area contributed by atoms with Crippen molar-refractivity contribution in [3.63, 3.8) is 0 Å². The Morgan fingerprint density at radius 1 is 1.40 bits per heavy atom. The van der Waals surface area contributed by atoms with Crippen LogP contribution in [0.5, 0.6) is 0 Å². The van der Waals surface area contributed by atoms with Crippen molar-refractivity contribution < 1.29 is 9.90 Å². The number of allylic oxidation sites excluding steroid dienone is 2. The van der Waals surface area contributed by atoms with Crippen molar-refractivity contribution in [2.45, 2.75) is 6.92 Å². The highest BCUT2D eigenvalue weighted by atomic mass is 35.5. The van der Waals surface area contributed by atoms with Crippen molar-refractivity contribution in [2.24, 2.45) is 0 Å². The monoisotopic (exact) mass is 222 g/mol. The van der Waals surface area contributed by atoms with Crippen LogP contribution in [0.15, 0.2) is 36.4 Å². The highest BCUT2D eigenvalue weighted by Crippen LogP contribution is 2.17. The highest BCUT2D eigenvalue weighted by molar-refractivity contribution is 6.31. The molecular formula is C12H11ClO2. The molecule has 0 atom stereocenters. The van der Waals surface area contributed by atoms with Crippen LogP contribution in [-0.2, 0) is 4.79 Å². The average Bonchev–Trinajstić information content (AvgIpc) is 2.18. The number of rotatable bonds is 3. The normalized spacial score (nSPS) is 11.3. The largest absolute Gasteiger partial charge is 0.478 e. The Kier molecular flexibility index (Phi) is 4.13. The molecule has 0 amide bonds. The maximum Gasteiger partial charge on any atom is 0.328 e. The molecule has 0 saturated carbocycles. The van der Waals surface area contributed by atoms with Gasteiger partial charge in [-0.05, 0) is 24.1 Å². The molecule has 15 heavy (non-hydrogen) atoms. The number of hydrogen-bond donors (Lipinski definition) is 1. The van der Waals surface area contributed by atoms with Gasteiger partial charge in [0.05, 0.1) is 0 Å². The lowest BCUT2D eigenvalue weighted by atomic mass is 10.1. The van der Waals surface area contributed by atoms with Crippen LogP contribution in [0.4, 0.5) is 0 Å². The summed E-state index contributed by atoms with van der Waals surface area (Å²) in [6.07, 6.45) is 6.00. The fraction of sp³-hybridized carbons (Fsp3) is 0.0833. The second-order valence-corrected chi connectivity index (χ2v) is 3.47. The van der Waals surface area contributed by atoms with Gasteiger partial charge in [0, 0.05) is 11.1 Å². The number of aliphatic carboxylic acids is 1. The molecule has 1 aromatic rings. The minimum Gasteiger partial charge on any atom is -0.478 e. The third-order valence-corrected chi connectivity index (χ3v) is 2.24. The molecule has 0 spiro atoms. The summed E-state index contributed by atoms with van der Waals surface area (Å²) in [5.74, 6) is -0.957. The van der Waals surface area contributed by atoms with E-state index in [0.29, 0.717) is 5.02 Å². The fourth-order valence-corrected chi connectivity index (χ4v) is 1.21. The van der Waals surface area contributed by atoms with Crippen molar-refractivity contribution >= 4 is 23.6 Å². The van der Waals surface area contributed by atoms with Gasteiger partial charge in [0.25, 0.3) is 0 Å². The third kappa shape index (κ3) is 4.00. The number of halogens is 1. The summed E-state index contributed by atoms with van der Waals surface area (Å²) in [7, 11) is 0. The first kappa shape index (κ1) is 11.5. The Morgan fingerprint density at radius 3 is 2.73 bits per heavy atom. The van der Waals surface area contributed by atoms with Crippen molar-refractivity contribution in [3.05, 3.63) is 52.6 Å². The molecule has 0 aliphatic carbocycles. The number of hydrogen-bond acceptors (Lipinski definition) is 1. The van der Waals surface area contributed by atoms with Gasteiger partial charge in [-0.15, -0.1) is 0 Å². The average molecular weight is 223 g/mol. The summed E-state index contributed by atoms with van der Waals surface area (Å²) < 4.78 is 0. The van der Waals surface area contributed by atoms with E-state index in [1.54, 1.807) is 12.2 Å². The maximum absolute atomic E-state index is 10.2. The zero-order chi connectivity index (χ0) is 11.3. The third-order valence-electron chi connectivity index (χ3n) is 1.83. The van der Waals surface area contributed by atoms with E-state index in [-0.39, 0.29) is 0 Å². The molecule has 0 fully saturated rings. The zero-order valence-corrected chi connectivity index (χ0v) is 9.03.